The smallest absolute Gasteiger partial charge is 0.228 e. The molecule has 0 spiro atoms. The molecule has 4 rings (SSSR count). The van der Waals surface area contributed by atoms with Crippen LogP contribution in [0.2, 0.25) is 0 Å². The molecule has 0 saturated carbocycles. The zero-order valence-electron chi connectivity index (χ0n) is 14.4. The highest BCUT2D eigenvalue weighted by Crippen LogP contribution is 2.21. The molecule has 6 heteroatoms. The van der Waals surface area contributed by atoms with Crippen LogP contribution in [-0.4, -0.2) is 32.1 Å². The number of benzene rings is 1. The summed E-state index contributed by atoms with van der Waals surface area (Å²) in [7, 11) is 0. The number of aryl methyl sites for hydroxylation is 2. The Labute approximate surface area is 150 Å². The van der Waals surface area contributed by atoms with Crippen LogP contribution < -0.4 is 0 Å². The molecule has 1 aliphatic rings. The van der Waals surface area contributed by atoms with Crippen molar-refractivity contribution in [3.63, 3.8) is 0 Å². The summed E-state index contributed by atoms with van der Waals surface area (Å²) in [4.78, 5) is 19.2. The largest absolute Gasteiger partial charge is 0.338 e. The molecule has 3 heterocycles. The molecule has 0 aliphatic carbocycles. The fraction of sp³-hybridized carbons (Fsp3) is 0.316. The molecule has 0 bridgehead atoms. The van der Waals surface area contributed by atoms with Gasteiger partial charge in [0.25, 0.3) is 0 Å². The molecule has 25 heavy (non-hydrogen) atoms. The van der Waals surface area contributed by atoms with Crippen molar-refractivity contribution in [2.24, 2.45) is 0 Å². The monoisotopic (exact) mass is 352 g/mol. The van der Waals surface area contributed by atoms with E-state index < -0.39 is 0 Å². The van der Waals surface area contributed by atoms with Crippen molar-refractivity contribution < 1.29 is 4.79 Å². The van der Waals surface area contributed by atoms with Crippen LogP contribution in [0.1, 0.15) is 28.2 Å². The molecule has 3 aromatic rings. The summed E-state index contributed by atoms with van der Waals surface area (Å²) in [6.45, 7) is 5.46. The Hall–Kier alpha value is -2.47. The predicted octanol–water partition coefficient (Wildman–Crippen LogP) is 3.07. The molecule has 1 amide bonds. The third kappa shape index (κ3) is 3.22. The molecule has 0 atom stereocenters. The van der Waals surface area contributed by atoms with Gasteiger partial charge in [-0.25, -0.2) is 9.67 Å². The lowest BCUT2D eigenvalue weighted by Gasteiger charge is -2.28. The Morgan fingerprint density at radius 3 is 2.80 bits per heavy atom. The van der Waals surface area contributed by atoms with Gasteiger partial charge in [-0.2, -0.15) is 5.10 Å². The fourth-order valence-electron chi connectivity index (χ4n) is 3.27. The second-order valence-corrected chi connectivity index (χ2v) is 7.31. The number of hydrogen-bond donors (Lipinski definition) is 0. The maximum Gasteiger partial charge on any atom is 0.228 e. The van der Waals surface area contributed by atoms with E-state index in [1.54, 1.807) is 0 Å². The molecule has 128 valence electrons. The first-order chi connectivity index (χ1) is 12.1. The van der Waals surface area contributed by atoms with Gasteiger partial charge >= 0.3 is 0 Å². The minimum atomic E-state index is 0.139. The van der Waals surface area contributed by atoms with E-state index in [0.29, 0.717) is 13.0 Å². The number of amides is 1. The molecule has 5 nitrogen and oxygen atoms in total. The zero-order chi connectivity index (χ0) is 17.4. The summed E-state index contributed by atoms with van der Waals surface area (Å²) in [6, 6.07) is 10.4. The van der Waals surface area contributed by atoms with Gasteiger partial charge < -0.3 is 4.90 Å². The molecule has 1 aliphatic heterocycles. The minimum absolute atomic E-state index is 0.139. The molecule has 0 unspecified atom stereocenters. The van der Waals surface area contributed by atoms with Crippen LogP contribution >= 0.6 is 11.3 Å². The minimum Gasteiger partial charge on any atom is -0.338 e. The topological polar surface area (TPSA) is 51.0 Å². The Bertz CT molecular complexity index is 927. The lowest BCUT2D eigenvalue weighted by Crippen LogP contribution is -2.36. The highest BCUT2D eigenvalue weighted by atomic mass is 32.1. The van der Waals surface area contributed by atoms with Crippen LogP contribution in [0, 0.1) is 13.8 Å². The van der Waals surface area contributed by atoms with E-state index in [1.807, 2.05) is 40.9 Å². The average molecular weight is 352 g/mol. The van der Waals surface area contributed by atoms with Gasteiger partial charge in [0.1, 0.15) is 0 Å². The van der Waals surface area contributed by atoms with Crippen molar-refractivity contribution in [2.45, 2.75) is 33.2 Å². The summed E-state index contributed by atoms with van der Waals surface area (Å²) >= 11 is 1.53. The molecular formula is C19H20N4OS. The van der Waals surface area contributed by atoms with Crippen LogP contribution in [0.15, 0.2) is 35.7 Å². The molecular weight excluding hydrogens is 332 g/mol. The molecule has 1 aromatic carbocycles. The maximum atomic E-state index is 12.7. The number of rotatable bonds is 3. The summed E-state index contributed by atoms with van der Waals surface area (Å²) < 4.78 is 1.84. The van der Waals surface area contributed by atoms with Gasteiger partial charge in [-0.1, -0.05) is 24.3 Å². The Balaban J connectivity index is 1.46. The van der Waals surface area contributed by atoms with Gasteiger partial charge in [0, 0.05) is 24.2 Å². The van der Waals surface area contributed by atoms with Crippen molar-refractivity contribution in [1.29, 1.82) is 0 Å². The van der Waals surface area contributed by atoms with E-state index in [-0.39, 0.29) is 5.91 Å². The maximum absolute atomic E-state index is 12.7. The van der Waals surface area contributed by atoms with Gasteiger partial charge in [0.05, 0.1) is 17.8 Å². The van der Waals surface area contributed by atoms with E-state index in [9.17, 15) is 4.79 Å². The van der Waals surface area contributed by atoms with E-state index >= 15 is 0 Å². The number of thiazole rings is 1. The van der Waals surface area contributed by atoms with Crippen LogP contribution in [0.25, 0.3) is 5.13 Å². The number of nitrogens with zero attached hydrogens (tertiary/aromatic N) is 4. The van der Waals surface area contributed by atoms with E-state index in [2.05, 4.69) is 28.3 Å². The molecule has 0 N–H and O–H groups in total. The fourth-order valence-corrected chi connectivity index (χ4v) is 4.10. The second-order valence-electron chi connectivity index (χ2n) is 6.47. The average Bonchev–Trinajstić information content (AvgIpc) is 3.20. The number of carbonyl (C=O) groups is 1. The van der Waals surface area contributed by atoms with Gasteiger partial charge in [-0.3, -0.25) is 4.79 Å². The zero-order valence-corrected chi connectivity index (χ0v) is 15.2. The lowest BCUT2D eigenvalue weighted by atomic mass is 10.00. The van der Waals surface area contributed by atoms with Crippen molar-refractivity contribution >= 4 is 17.2 Å². The SMILES string of the molecule is Cc1cc(C)n(-c2nc(CC(=O)N3CCc4ccccc4C3)cs2)n1. The van der Waals surface area contributed by atoms with Crippen molar-refractivity contribution in [2.75, 3.05) is 6.54 Å². The molecule has 0 saturated heterocycles. The summed E-state index contributed by atoms with van der Waals surface area (Å²) in [5.41, 5.74) is 5.45. The van der Waals surface area contributed by atoms with E-state index in [0.717, 1.165) is 35.2 Å². The van der Waals surface area contributed by atoms with Gasteiger partial charge in [-0.05, 0) is 37.5 Å². The third-order valence-electron chi connectivity index (χ3n) is 4.55. The first-order valence-corrected chi connectivity index (χ1v) is 9.31. The standard InChI is InChI=1S/C19H20N4OS/c1-13-9-14(2)23(21-13)19-20-17(12-25-19)10-18(24)22-8-7-15-5-3-4-6-16(15)11-22/h3-6,9,12H,7-8,10-11H2,1-2H3. The number of carbonyl (C=O) groups excluding carboxylic acids is 1. The van der Waals surface area contributed by atoms with Crippen LogP contribution in [0.3, 0.4) is 0 Å². The second kappa shape index (κ2) is 6.44. The van der Waals surface area contributed by atoms with Crippen molar-refractivity contribution in [1.82, 2.24) is 19.7 Å². The Morgan fingerprint density at radius 2 is 2.04 bits per heavy atom. The van der Waals surface area contributed by atoms with Gasteiger partial charge in [0.15, 0.2) is 0 Å². The summed E-state index contributed by atoms with van der Waals surface area (Å²) in [5, 5.41) is 7.23. The van der Waals surface area contributed by atoms with Gasteiger partial charge in [-0.15, -0.1) is 11.3 Å². The number of fused-ring (bicyclic) bond motifs is 1. The molecule has 2 aromatic heterocycles. The van der Waals surface area contributed by atoms with E-state index in [1.165, 1.54) is 22.5 Å². The van der Waals surface area contributed by atoms with Crippen molar-refractivity contribution in [3.8, 4) is 5.13 Å². The summed E-state index contributed by atoms with van der Waals surface area (Å²) in [5.74, 6) is 0.139. The quantitative estimate of drug-likeness (QED) is 0.728. The highest BCUT2D eigenvalue weighted by molar-refractivity contribution is 7.12. The first kappa shape index (κ1) is 16.0. The van der Waals surface area contributed by atoms with E-state index in [4.69, 9.17) is 0 Å². The van der Waals surface area contributed by atoms with Crippen LogP contribution in [-0.2, 0) is 24.2 Å². The Kier molecular flexibility index (Phi) is 4.13. The number of hydrogen-bond acceptors (Lipinski definition) is 4. The van der Waals surface area contributed by atoms with Crippen molar-refractivity contribution in [3.05, 3.63) is 63.9 Å². The number of aromatic nitrogens is 3. The summed E-state index contributed by atoms with van der Waals surface area (Å²) in [6.07, 6.45) is 1.27. The van der Waals surface area contributed by atoms with Gasteiger partial charge in [0.2, 0.25) is 11.0 Å². The normalized spacial score (nSPS) is 13.8. The predicted molar refractivity (Wildman–Crippen MR) is 98.0 cm³/mol. The Morgan fingerprint density at radius 1 is 1.24 bits per heavy atom. The molecule has 0 fully saturated rings. The van der Waals surface area contributed by atoms with Crippen LogP contribution in [0.5, 0.6) is 0 Å². The highest BCUT2D eigenvalue weighted by Gasteiger charge is 2.21. The lowest BCUT2D eigenvalue weighted by molar-refractivity contribution is -0.131. The third-order valence-corrected chi connectivity index (χ3v) is 5.41. The first-order valence-electron chi connectivity index (χ1n) is 8.43. The molecule has 0 radical (unpaired) electrons. The van der Waals surface area contributed by atoms with Crippen LogP contribution in [0.4, 0.5) is 0 Å².